The lowest BCUT2D eigenvalue weighted by atomic mass is 10.1. The van der Waals surface area contributed by atoms with E-state index >= 15 is 0 Å². The molecule has 0 aromatic heterocycles. The lowest BCUT2D eigenvalue weighted by Crippen LogP contribution is -2.44. The molecule has 1 aromatic carbocycles. The fourth-order valence-electron chi connectivity index (χ4n) is 2.96. The van der Waals surface area contributed by atoms with Crippen molar-refractivity contribution in [2.24, 2.45) is 0 Å². The molecule has 1 aromatic rings. The molecule has 1 saturated heterocycles. The molecule has 0 spiro atoms. The van der Waals surface area contributed by atoms with Crippen LogP contribution in [-0.2, 0) is 6.42 Å². The summed E-state index contributed by atoms with van der Waals surface area (Å²) in [5, 5.41) is 4.36. The molecule has 3 rings (SSSR count). The van der Waals surface area contributed by atoms with Crippen molar-refractivity contribution < 1.29 is 0 Å². The Morgan fingerprint density at radius 1 is 1.17 bits per heavy atom. The van der Waals surface area contributed by atoms with E-state index in [-0.39, 0.29) is 24.8 Å². The molecule has 5 heteroatoms. The second-order valence-electron chi connectivity index (χ2n) is 4.65. The minimum Gasteiger partial charge on any atom is -0.314 e. The van der Waals surface area contributed by atoms with Gasteiger partial charge in [0.25, 0.3) is 0 Å². The summed E-state index contributed by atoms with van der Waals surface area (Å²) in [7, 11) is 0. The summed E-state index contributed by atoms with van der Waals surface area (Å²) in [6.07, 6.45) is 2.38. The highest BCUT2D eigenvalue weighted by Crippen LogP contribution is 2.38. The molecule has 0 saturated carbocycles. The first-order chi connectivity index (χ1) is 7.86. The number of fused-ring (bicyclic) bond motifs is 1. The Kier molecular flexibility index (Phi) is 6.22. The van der Waals surface area contributed by atoms with Crippen LogP contribution in [-0.4, -0.2) is 31.1 Å². The van der Waals surface area contributed by atoms with Gasteiger partial charge in [-0.25, -0.2) is 0 Å². The number of nitrogens with one attached hydrogen (secondary N) is 1. The first kappa shape index (κ1) is 16.1. The number of nitrogens with zero attached hydrogens (tertiary/aromatic N) is 1. The molecule has 102 valence electrons. The average molecular weight is 310 g/mol. The number of piperazine rings is 1. The number of halogens is 3. The van der Waals surface area contributed by atoms with Gasteiger partial charge in [-0.1, -0.05) is 23.7 Å². The van der Waals surface area contributed by atoms with E-state index in [2.05, 4.69) is 22.3 Å². The van der Waals surface area contributed by atoms with Crippen LogP contribution in [0.25, 0.3) is 0 Å². The molecule has 2 nitrogen and oxygen atoms in total. The van der Waals surface area contributed by atoms with E-state index in [9.17, 15) is 0 Å². The standard InChI is InChI=1S/C13H17ClN2.2ClH/c14-12-3-1-2-11-10(12)4-5-13(11)16-8-6-15-7-9-16;;/h1-3,13,15H,4-9H2;2*1H. The summed E-state index contributed by atoms with van der Waals surface area (Å²) in [6, 6.07) is 6.96. The van der Waals surface area contributed by atoms with Gasteiger partial charge in [0.05, 0.1) is 0 Å². The van der Waals surface area contributed by atoms with E-state index in [1.807, 2.05) is 6.07 Å². The third kappa shape index (κ3) is 2.94. The van der Waals surface area contributed by atoms with Crippen LogP contribution in [0.4, 0.5) is 0 Å². The van der Waals surface area contributed by atoms with Crippen LogP contribution < -0.4 is 5.32 Å². The lowest BCUT2D eigenvalue weighted by Gasteiger charge is -2.33. The zero-order valence-corrected chi connectivity index (χ0v) is 12.6. The molecule has 0 bridgehead atoms. The molecule has 1 atom stereocenters. The third-order valence-electron chi connectivity index (χ3n) is 3.77. The van der Waals surface area contributed by atoms with E-state index in [1.54, 1.807) is 0 Å². The molecule has 1 heterocycles. The van der Waals surface area contributed by atoms with Crippen molar-refractivity contribution in [2.45, 2.75) is 18.9 Å². The normalized spacial score (nSPS) is 22.8. The van der Waals surface area contributed by atoms with Crippen molar-refractivity contribution in [1.29, 1.82) is 0 Å². The fourth-order valence-corrected chi connectivity index (χ4v) is 3.24. The number of rotatable bonds is 1. The zero-order valence-electron chi connectivity index (χ0n) is 10.2. The highest BCUT2D eigenvalue weighted by molar-refractivity contribution is 6.31. The Morgan fingerprint density at radius 2 is 1.89 bits per heavy atom. The summed E-state index contributed by atoms with van der Waals surface area (Å²) in [5.41, 5.74) is 2.85. The molecule has 1 fully saturated rings. The number of hydrogen-bond donors (Lipinski definition) is 1. The van der Waals surface area contributed by atoms with Crippen molar-refractivity contribution in [3.8, 4) is 0 Å². The molecule has 0 amide bonds. The molecule has 1 N–H and O–H groups in total. The first-order valence-corrected chi connectivity index (χ1v) is 6.46. The van der Waals surface area contributed by atoms with Gasteiger partial charge in [-0.05, 0) is 30.0 Å². The Bertz CT molecular complexity index is 392. The Balaban J connectivity index is 0.000000810. The smallest absolute Gasteiger partial charge is 0.0441 e. The highest BCUT2D eigenvalue weighted by atomic mass is 35.5. The lowest BCUT2D eigenvalue weighted by molar-refractivity contribution is 0.173. The van der Waals surface area contributed by atoms with Crippen LogP contribution in [0.5, 0.6) is 0 Å². The van der Waals surface area contributed by atoms with E-state index in [1.165, 1.54) is 17.5 Å². The van der Waals surface area contributed by atoms with E-state index in [0.717, 1.165) is 37.6 Å². The summed E-state index contributed by atoms with van der Waals surface area (Å²) < 4.78 is 0. The van der Waals surface area contributed by atoms with E-state index < -0.39 is 0 Å². The SMILES string of the molecule is Cl.Cl.Clc1cccc2c1CCC2N1CCNCC1. The largest absolute Gasteiger partial charge is 0.314 e. The maximum atomic E-state index is 6.24. The molecule has 2 aliphatic rings. The monoisotopic (exact) mass is 308 g/mol. The first-order valence-electron chi connectivity index (χ1n) is 6.08. The zero-order chi connectivity index (χ0) is 11.0. The van der Waals surface area contributed by atoms with Gasteiger partial charge in [-0.2, -0.15) is 0 Å². The Hall–Kier alpha value is 0.01000. The topological polar surface area (TPSA) is 15.3 Å². The third-order valence-corrected chi connectivity index (χ3v) is 4.13. The minimum absolute atomic E-state index is 0. The molecule has 1 aliphatic heterocycles. The van der Waals surface area contributed by atoms with Crippen LogP contribution in [0, 0.1) is 0 Å². The molecular weight excluding hydrogens is 291 g/mol. The minimum atomic E-state index is 0. The van der Waals surface area contributed by atoms with Crippen LogP contribution in [0.2, 0.25) is 5.02 Å². The Morgan fingerprint density at radius 3 is 2.61 bits per heavy atom. The molecular formula is C13H19Cl3N2. The predicted molar refractivity (Wildman–Crippen MR) is 81.5 cm³/mol. The van der Waals surface area contributed by atoms with Gasteiger partial charge in [-0.15, -0.1) is 24.8 Å². The highest BCUT2D eigenvalue weighted by Gasteiger charge is 2.29. The van der Waals surface area contributed by atoms with Crippen LogP contribution in [0.1, 0.15) is 23.6 Å². The van der Waals surface area contributed by atoms with Crippen molar-refractivity contribution in [2.75, 3.05) is 26.2 Å². The summed E-state index contributed by atoms with van der Waals surface area (Å²) >= 11 is 6.24. The summed E-state index contributed by atoms with van der Waals surface area (Å²) in [4.78, 5) is 2.60. The molecule has 0 radical (unpaired) electrons. The number of hydrogen-bond acceptors (Lipinski definition) is 2. The van der Waals surface area contributed by atoms with Gasteiger partial charge >= 0.3 is 0 Å². The summed E-state index contributed by atoms with van der Waals surface area (Å²) in [6.45, 7) is 4.56. The van der Waals surface area contributed by atoms with Crippen LogP contribution >= 0.6 is 36.4 Å². The maximum Gasteiger partial charge on any atom is 0.0441 e. The average Bonchev–Trinajstić information content (AvgIpc) is 2.75. The van der Waals surface area contributed by atoms with Gasteiger partial charge in [-0.3, -0.25) is 4.90 Å². The Labute approximate surface area is 126 Å². The second-order valence-corrected chi connectivity index (χ2v) is 5.06. The number of benzene rings is 1. The van der Waals surface area contributed by atoms with Gasteiger partial charge in [0.1, 0.15) is 0 Å². The van der Waals surface area contributed by atoms with Gasteiger partial charge in [0, 0.05) is 37.2 Å². The van der Waals surface area contributed by atoms with Gasteiger partial charge in [0.2, 0.25) is 0 Å². The maximum absolute atomic E-state index is 6.24. The van der Waals surface area contributed by atoms with Crippen molar-refractivity contribution in [3.05, 3.63) is 34.3 Å². The van der Waals surface area contributed by atoms with Crippen LogP contribution in [0.15, 0.2) is 18.2 Å². The van der Waals surface area contributed by atoms with Crippen molar-refractivity contribution in [3.63, 3.8) is 0 Å². The van der Waals surface area contributed by atoms with E-state index in [0.29, 0.717) is 6.04 Å². The molecule has 1 unspecified atom stereocenters. The van der Waals surface area contributed by atoms with Crippen molar-refractivity contribution in [1.82, 2.24) is 10.2 Å². The van der Waals surface area contributed by atoms with Gasteiger partial charge < -0.3 is 5.32 Å². The van der Waals surface area contributed by atoms with E-state index in [4.69, 9.17) is 11.6 Å². The predicted octanol–water partition coefficient (Wildman–Crippen LogP) is 3.08. The second kappa shape index (κ2) is 6.97. The summed E-state index contributed by atoms with van der Waals surface area (Å²) in [5.74, 6) is 0. The van der Waals surface area contributed by atoms with Crippen LogP contribution in [0.3, 0.4) is 0 Å². The fraction of sp³-hybridized carbons (Fsp3) is 0.538. The quantitative estimate of drug-likeness (QED) is 0.857. The molecule has 1 aliphatic carbocycles. The van der Waals surface area contributed by atoms with Gasteiger partial charge in [0.15, 0.2) is 0 Å². The molecule has 18 heavy (non-hydrogen) atoms. The van der Waals surface area contributed by atoms with Crippen molar-refractivity contribution >= 4 is 36.4 Å².